The molecular weight excluding hydrogens is 340 g/mol. The molecule has 5 N–H and O–H groups in total. The zero-order valence-electron chi connectivity index (χ0n) is 13.4. The highest BCUT2D eigenvalue weighted by atomic mass is 32.2. The van der Waals surface area contributed by atoms with Crippen molar-refractivity contribution in [1.82, 2.24) is 9.97 Å². The summed E-state index contributed by atoms with van der Waals surface area (Å²) in [5, 5.41) is 3.16. The maximum Gasteiger partial charge on any atom is 0.234 e. The number of hydrogen-bond donors (Lipinski definition) is 3. The highest BCUT2D eigenvalue weighted by Gasteiger charge is 2.21. The second-order valence-corrected chi connectivity index (χ2v) is 6.48. The van der Waals surface area contributed by atoms with Gasteiger partial charge in [0, 0.05) is 30.4 Å². The van der Waals surface area contributed by atoms with Crippen LogP contribution in [0.15, 0.2) is 35.5 Å². The predicted octanol–water partition coefficient (Wildman–Crippen LogP) is 1.50. The van der Waals surface area contributed by atoms with E-state index >= 15 is 0 Å². The smallest absolute Gasteiger partial charge is 0.234 e. The number of nitrogens with zero attached hydrogens (tertiary/aromatic N) is 3. The van der Waals surface area contributed by atoms with Crippen molar-refractivity contribution < 1.29 is 9.59 Å². The van der Waals surface area contributed by atoms with E-state index in [0.29, 0.717) is 23.8 Å². The second kappa shape index (κ2) is 7.39. The molecule has 25 heavy (non-hydrogen) atoms. The van der Waals surface area contributed by atoms with Gasteiger partial charge in [-0.1, -0.05) is 17.8 Å². The average Bonchev–Trinajstić information content (AvgIpc) is 2.98. The number of nitrogen functional groups attached to an aromatic ring is 2. The average molecular weight is 358 g/mol. The Morgan fingerprint density at radius 2 is 2.00 bits per heavy atom. The molecule has 9 heteroatoms. The van der Waals surface area contributed by atoms with Crippen molar-refractivity contribution >= 4 is 46.6 Å². The molecule has 1 aliphatic rings. The molecule has 3 rings (SSSR count). The first-order chi connectivity index (χ1) is 12.0. The third-order valence-corrected chi connectivity index (χ3v) is 4.44. The number of carbonyl (C=O) groups is 2. The maximum absolute atomic E-state index is 12.1. The summed E-state index contributed by atoms with van der Waals surface area (Å²) in [7, 11) is 0. The lowest BCUT2D eigenvalue weighted by atomic mass is 10.2. The third-order valence-electron chi connectivity index (χ3n) is 3.59. The van der Waals surface area contributed by atoms with E-state index < -0.39 is 0 Å². The Kier molecular flexibility index (Phi) is 5.03. The molecule has 0 aliphatic carbocycles. The van der Waals surface area contributed by atoms with Crippen molar-refractivity contribution in [3.8, 4) is 0 Å². The Bertz CT molecular complexity index is 793. The van der Waals surface area contributed by atoms with Crippen molar-refractivity contribution in [3.63, 3.8) is 0 Å². The molecule has 0 saturated carbocycles. The lowest BCUT2D eigenvalue weighted by molar-refractivity contribution is -0.117. The van der Waals surface area contributed by atoms with Gasteiger partial charge in [0.05, 0.1) is 5.75 Å². The Labute approximate surface area is 149 Å². The first-order valence-electron chi connectivity index (χ1n) is 7.74. The zero-order valence-corrected chi connectivity index (χ0v) is 14.3. The standard InChI is InChI=1S/C16H18N6O2S/c17-12-8-13(18)21-16(20-12)25-9-14(23)19-10-3-1-4-11(7-10)22-6-2-5-15(22)24/h1,3-4,7-8H,2,5-6,9H2,(H,19,23)(H4,17,18,20,21). The van der Waals surface area contributed by atoms with Crippen LogP contribution in [-0.4, -0.2) is 34.1 Å². The number of amides is 2. The van der Waals surface area contributed by atoms with Crippen LogP contribution < -0.4 is 21.7 Å². The third kappa shape index (κ3) is 4.38. The number of carbonyl (C=O) groups excluding carboxylic acids is 2. The van der Waals surface area contributed by atoms with Crippen LogP contribution in [0.1, 0.15) is 12.8 Å². The monoisotopic (exact) mass is 358 g/mol. The molecule has 0 unspecified atom stereocenters. The van der Waals surface area contributed by atoms with E-state index in [4.69, 9.17) is 11.5 Å². The fourth-order valence-corrected chi connectivity index (χ4v) is 3.20. The molecular formula is C16H18N6O2S. The van der Waals surface area contributed by atoms with Gasteiger partial charge in [-0.3, -0.25) is 9.59 Å². The largest absolute Gasteiger partial charge is 0.383 e. The number of benzene rings is 1. The molecule has 1 fully saturated rings. The summed E-state index contributed by atoms with van der Waals surface area (Å²) >= 11 is 1.15. The van der Waals surface area contributed by atoms with Crippen LogP contribution in [0.2, 0.25) is 0 Å². The molecule has 1 aliphatic heterocycles. The molecule has 1 aromatic carbocycles. The Morgan fingerprint density at radius 3 is 2.68 bits per heavy atom. The SMILES string of the molecule is Nc1cc(N)nc(SCC(=O)Nc2cccc(N3CCCC3=O)c2)n1. The highest BCUT2D eigenvalue weighted by Crippen LogP contribution is 2.24. The molecule has 1 saturated heterocycles. The number of thioether (sulfide) groups is 1. The molecule has 0 bridgehead atoms. The predicted molar refractivity (Wildman–Crippen MR) is 98.2 cm³/mol. The normalized spacial score (nSPS) is 13.9. The summed E-state index contributed by atoms with van der Waals surface area (Å²) in [5.41, 5.74) is 12.6. The van der Waals surface area contributed by atoms with Crippen molar-refractivity contribution in [1.29, 1.82) is 0 Å². The van der Waals surface area contributed by atoms with Crippen LogP contribution in [-0.2, 0) is 9.59 Å². The van der Waals surface area contributed by atoms with Crippen molar-refractivity contribution in [2.24, 2.45) is 0 Å². The van der Waals surface area contributed by atoms with Crippen molar-refractivity contribution in [2.75, 3.05) is 34.0 Å². The van der Waals surface area contributed by atoms with E-state index in [9.17, 15) is 9.59 Å². The molecule has 0 spiro atoms. The van der Waals surface area contributed by atoms with Gasteiger partial charge in [-0.25, -0.2) is 9.97 Å². The number of aromatic nitrogens is 2. The minimum atomic E-state index is -0.209. The topological polar surface area (TPSA) is 127 Å². The van der Waals surface area contributed by atoms with Crippen LogP contribution in [0.5, 0.6) is 0 Å². The molecule has 8 nitrogen and oxygen atoms in total. The van der Waals surface area contributed by atoms with Gasteiger partial charge < -0.3 is 21.7 Å². The van der Waals surface area contributed by atoms with E-state index in [-0.39, 0.29) is 29.2 Å². The van der Waals surface area contributed by atoms with Crippen LogP contribution in [0.25, 0.3) is 0 Å². The molecule has 1 aromatic heterocycles. The second-order valence-electron chi connectivity index (χ2n) is 5.54. The summed E-state index contributed by atoms with van der Waals surface area (Å²) in [6.07, 6.45) is 1.42. The summed E-state index contributed by atoms with van der Waals surface area (Å²) in [4.78, 5) is 33.7. The van der Waals surface area contributed by atoms with Gasteiger partial charge in [0.15, 0.2) is 5.16 Å². The van der Waals surface area contributed by atoms with E-state index in [1.165, 1.54) is 6.07 Å². The van der Waals surface area contributed by atoms with Gasteiger partial charge in [0.25, 0.3) is 0 Å². The summed E-state index contributed by atoms with van der Waals surface area (Å²) < 4.78 is 0. The Hall–Kier alpha value is -2.81. The van der Waals surface area contributed by atoms with Gasteiger partial charge in [0.2, 0.25) is 11.8 Å². The molecule has 0 radical (unpaired) electrons. The summed E-state index contributed by atoms with van der Waals surface area (Å²) in [6, 6.07) is 8.69. The number of rotatable bonds is 5. The van der Waals surface area contributed by atoms with E-state index in [2.05, 4.69) is 15.3 Å². The quantitative estimate of drug-likeness (QED) is 0.546. The molecule has 130 valence electrons. The first-order valence-corrected chi connectivity index (χ1v) is 8.73. The fraction of sp³-hybridized carbons (Fsp3) is 0.250. The van der Waals surface area contributed by atoms with Crippen LogP contribution in [0.4, 0.5) is 23.0 Å². The number of nitrogens with one attached hydrogen (secondary N) is 1. The van der Waals surface area contributed by atoms with Gasteiger partial charge in [0.1, 0.15) is 11.6 Å². The van der Waals surface area contributed by atoms with Crippen molar-refractivity contribution in [2.45, 2.75) is 18.0 Å². The van der Waals surface area contributed by atoms with Gasteiger partial charge in [-0.15, -0.1) is 0 Å². The Balaban J connectivity index is 1.60. The van der Waals surface area contributed by atoms with Crippen LogP contribution >= 0.6 is 11.8 Å². The van der Waals surface area contributed by atoms with Gasteiger partial charge in [-0.2, -0.15) is 0 Å². The molecule has 2 amide bonds. The molecule has 0 atom stereocenters. The van der Waals surface area contributed by atoms with E-state index in [0.717, 1.165) is 23.9 Å². The van der Waals surface area contributed by atoms with Gasteiger partial charge in [-0.05, 0) is 24.6 Å². The number of hydrogen-bond acceptors (Lipinski definition) is 7. The fourth-order valence-electron chi connectivity index (χ4n) is 2.53. The molecule has 2 heterocycles. The minimum Gasteiger partial charge on any atom is -0.383 e. The highest BCUT2D eigenvalue weighted by molar-refractivity contribution is 7.99. The summed E-state index contributed by atoms with van der Waals surface area (Å²) in [6.45, 7) is 0.709. The van der Waals surface area contributed by atoms with E-state index in [1.807, 2.05) is 12.1 Å². The zero-order chi connectivity index (χ0) is 17.8. The molecule has 2 aromatic rings. The lowest BCUT2D eigenvalue weighted by Gasteiger charge is -2.16. The first kappa shape index (κ1) is 17.0. The van der Waals surface area contributed by atoms with Crippen LogP contribution in [0.3, 0.4) is 0 Å². The lowest BCUT2D eigenvalue weighted by Crippen LogP contribution is -2.23. The summed E-state index contributed by atoms with van der Waals surface area (Å²) in [5.74, 6) is 0.544. The minimum absolute atomic E-state index is 0.107. The van der Waals surface area contributed by atoms with Gasteiger partial charge >= 0.3 is 0 Å². The Morgan fingerprint density at radius 1 is 1.24 bits per heavy atom. The van der Waals surface area contributed by atoms with E-state index in [1.54, 1.807) is 17.0 Å². The van der Waals surface area contributed by atoms with Crippen molar-refractivity contribution in [3.05, 3.63) is 30.3 Å². The van der Waals surface area contributed by atoms with Crippen LogP contribution in [0, 0.1) is 0 Å². The number of nitrogens with two attached hydrogens (primary N) is 2. The number of anilines is 4. The maximum atomic E-state index is 12.1.